The van der Waals surface area contributed by atoms with E-state index >= 15 is 0 Å². The second-order valence-corrected chi connectivity index (χ2v) is 5.54. The van der Waals surface area contributed by atoms with Crippen LogP contribution >= 0.6 is 11.8 Å². The predicted octanol–water partition coefficient (Wildman–Crippen LogP) is 2.02. The Bertz CT molecular complexity index is 903. The maximum absolute atomic E-state index is 11.6. The van der Waals surface area contributed by atoms with E-state index in [0.29, 0.717) is 11.3 Å². The number of amides is 1. The number of rotatable bonds is 2. The fourth-order valence-corrected chi connectivity index (χ4v) is 3.04. The van der Waals surface area contributed by atoms with Gasteiger partial charge in [0.2, 0.25) is 0 Å². The number of nitrogens with zero attached hydrogens (tertiary/aromatic N) is 3. The Kier molecular flexibility index (Phi) is 2.55. The quantitative estimate of drug-likeness (QED) is 0.732. The highest BCUT2D eigenvalue weighted by Crippen LogP contribution is 2.32. The molecule has 2 aromatic heterocycles. The van der Waals surface area contributed by atoms with Crippen molar-refractivity contribution in [2.75, 3.05) is 5.32 Å². The molecule has 1 aliphatic heterocycles. The summed E-state index contributed by atoms with van der Waals surface area (Å²) in [5.41, 5.74) is 1.73. The largest absolute Gasteiger partial charge is 0.318 e. The minimum Gasteiger partial charge on any atom is -0.318 e. The fraction of sp³-hybridized carbons (Fsp3) is 0. The molecule has 7 heteroatoms. The maximum Gasteiger partial charge on any atom is 0.296 e. The summed E-state index contributed by atoms with van der Waals surface area (Å²) in [6.45, 7) is 0. The molecule has 0 aliphatic carbocycles. The normalized spacial score (nSPS) is 13.5. The van der Waals surface area contributed by atoms with E-state index in [9.17, 15) is 9.59 Å². The number of fused-ring (bicyclic) bond motifs is 2. The van der Waals surface area contributed by atoms with Crippen molar-refractivity contribution in [3.8, 4) is 0 Å². The first-order chi connectivity index (χ1) is 10.2. The Labute approximate surface area is 123 Å². The van der Waals surface area contributed by atoms with Crippen LogP contribution in [0.15, 0.2) is 52.6 Å². The van der Waals surface area contributed by atoms with Crippen molar-refractivity contribution in [3.05, 3.63) is 48.2 Å². The van der Waals surface area contributed by atoms with Crippen molar-refractivity contribution in [2.45, 2.75) is 10.1 Å². The van der Waals surface area contributed by atoms with E-state index in [1.165, 1.54) is 11.8 Å². The van der Waals surface area contributed by atoms with Gasteiger partial charge in [0, 0.05) is 11.1 Å². The average Bonchev–Trinajstić information content (AvgIpc) is 3.02. The van der Waals surface area contributed by atoms with Gasteiger partial charge in [-0.15, -0.1) is 10.2 Å². The molecule has 0 unspecified atom stereocenters. The number of Topliss-reactive ketones (excluding diaryl/α,β-unsaturated/α-hetero) is 1. The Balaban J connectivity index is 1.71. The van der Waals surface area contributed by atoms with Gasteiger partial charge in [-0.05, 0) is 42.1 Å². The molecule has 1 amide bonds. The molecule has 6 nitrogen and oxygen atoms in total. The third-order valence-electron chi connectivity index (χ3n) is 3.18. The molecular weight excluding hydrogens is 288 g/mol. The summed E-state index contributed by atoms with van der Waals surface area (Å²) in [6.07, 6.45) is 1.89. The molecule has 21 heavy (non-hydrogen) atoms. The van der Waals surface area contributed by atoms with Crippen molar-refractivity contribution in [3.63, 3.8) is 0 Å². The highest BCUT2D eigenvalue weighted by Gasteiger charge is 2.27. The van der Waals surface area contributed by atoms with Crippen LogP contribution in [0.3, 0.4) is 0 Å². The number of hydrogen-bond donors (Lipinski definition) is 1. The minimum absolute atomic E-state index is 0.412. The molecule has 1 aliphatic rings. The number of carbonyl (C=O) groups excluding carboxylic acids is 2. The maximum atomic E-state index is 11.6. The van der Waals surface area contributed by atoms with Crippen molar-refractivity contribution in [1.82, 2.24) is 14.6 Å². The van der Waals surface area contributed by atoms with Gasteiger partial charge >= 0.3 is 0 Å². The summed E-state index contributed by atoms with van der Waals surface area (Å²) in [6, 6.07) is 10.9. The number of benzene rings is 1. The second kappa shape index (κ2) is 4.42. The summed E-state index contributed by atoms with van der Waals surface area (Å²) in [5.74, 6) is -1.07. The lowest BCUT2D eigenvalue weighted by molar-refractivity contribution is -0.112. The molecule has 3 heterocycles. The Morgan fingerprint density at radius 1 is 1.10 bits per heavy atom. The van der Waals surface area contributed by atoms with Crippen molar-refractivity contribution in [1.29, 1.82) is 0 Å². The second-order valence-electron chi connectivity index (χ2n) is 4.50. The summed E-state index contributed by atoms with van der Waals surface area (Å²) in [4.78, 5) is 23.8. The molecule has 1 N–H and O–H groups in total. The van der Waals surface area contributed by atoms with Gasteiger partial charge in [0.05, 0.1) is 11.3 Å². The van der Waals surface area contributed by atoms with Crippen LogP contribution in [0.4, 0.5) is 5.69 Å². The van der Waals surface area contributed by atoms with Crippen LogP contribution < -0.4 is 5.32 Å². The first-order valence-corrected chi connectivity index (χ1v) is 7.01. The van der Waals surface area contributed by atoms with E-state index in [0.717, 1.165) is 15.7 Å². The van der Waals surface area contributed by atoms with Crippen molar-refractivity contribution in [2.24, 2.45) is 0 Å². The van der Waals surface area contributed by atoms with E-state index in [4.69, 9.17) is 0 Å². The fourth-order valence-electron chi connectivity index (χ4n) is 2.18. The van der Waals surface area contributed by atoms with Gasteiger partial charge in [0.15, 0.2) is 10.8 Å². The summed E-state index contributed by atoms with van der Waals surface area (Å²) in [5, 5.41) is 11.5. The van der Waals surface area contributed by atoms with Crippen LogP contribution in [0.5, 0.6) is 0 Å². The van der Waals surface area contributed by atoms with Crippen molar-refractivity contribution >= 4 is 34.8 Å². The van der Waals surface area contributed by atoms with Gasteiger partial charge in [-0.2, -0.15) is 0 Å². The van der Waals surface area contributed by atoms with Crippen LogP contribution in [0.25, 0.3) is 5.65 Å². The van der Waals surface area contributed by atoms with Gasteiger partial charge in [0.25, 0.3) is 11.7 Å². The van der Waals surface area contributed by atoms with Crippen molar-refractivity contribution < 1.29 is 9.59 Å². The van der Waals surface area contributed by atoms with Gasteiger partial charge in [-0.1, -0.05) is 6.07 Å². The third-order valence-corrected chi connectivity index (χ3v) is 4.13. The number of aromatic nitrogens is 3. The lowest BCUT2D eigenvalue weighted by Crippen LogP contribution is -2.12. The van der Waals surface area contributed by atoms with E-state index in [2.05, 4.69) is 15.5 Å². The minimum atomic E-state index is -0.583. The molecule has 102 valence electrons. The number of pyridine rings is 1. The molecule has 3 aromatic rings. The number of ketones is 1. The van der Waals surface area contributed by atoms with Crippen LogP contribution in [-0.4, -0.2) is 26.3 Å². The standard InChI is InChI=1S/C14H8N4O2S/c19-12-9-5-4-8(7-10(9)15-13(12)20)21-14-17-16-11-3-1-2-6-18(11)14/h1-7H,(H,15,19,20). The Morgan fingerprint density at radius 2 is 2.00 bits per heavy atom. The summed E-state index contributed by atoms with van der Waals surface area (Å²) in [7, 11) is 0. The molecular formula is C14H8N4O2S. The molecule has 0 saturated heterocycles. The first kappa shape index (κ1) is 12.1. The molecule has 4 rings (SSSR count). The van der Waals surface area contributed by atoms with Gasteiger partial charge in [-0.25, -0.2) is 0 Å². The molecule has 0 spiro atoms. The van der Waals surface area contributed by atoms with Crippen LogP contribution in [0.2, 0.25) is 0 Å². The molecule has 0 radical (unpaired) electrons. The molecule has 0 fully saturated rings. The average molecular weight is 296 g/mol. The zero-order valence-electron chi connectivity index (χ0n) is 10.6. The lowest BCUT2D eigenvalue weighted by Gasteiger charge is -2.02. The van der Waals surface area contributed by atoms with Crippen LogP contribution in [0, 0.1) is 0 Å². The summed E-state index contributed by atoms with van der Waals surface area (Å²) < 4.78 is 1.88. The lowest BCUT2D eigenvalue weighted by atomic mass is 10.1. The molecule has 0 saturated carbocycles. The predicted molar refractivity (Wildman–Crippen MR) is 76.5 cm³/mol. The zero-order chi connectivity index (χ0) is 14.4. The van der Waals surface area contributed by atoms with Gasteiger partial charge in [-0.3, -0.25) is 14.0 Å². The molecule has 0 atom stereocenters. The topological polar surface area (TPSA) is 76.4 Å². The van der Waals surface area contributed by atoms with Crippen LogP contribution in [0.1, 0.15) is 10.4 Å². The van der Waals surface area contributed by atoms with E-state index in [1.54, 1.807) is 18.2 Å². The Hall–Kier alpha value is -2.67. The Morgan fingerprint density at radius 3 is 2.90 bits per heavy atom. The molecule has 0 bridgehead atoms. The van der Waals surface area contributed by atoms with E-state index in [1.807, 2.05) is 28.8 Å². The third kappa shape index (κ3) is 1.90. The van der Waals surface area contributed by atoms with Crippen LogP contribution in [-0.2, 0) is 4.79 Å². The number of carbonyl (C=O) groups is 2. The van der Waals surface area contributed by atoms with E-state index in [-0.39, 0.29) is 0 Å². The highest BCUT2D eigenvalue weighted by molar-refractivity contribution is 7.99. The van der Waals surface area contributed by atoms with Gasteiger partial charge < -0.3 is 5.32 Å². The summed E-state index contributed by atoms with van der Waals surface area (Å²) >= 11 is 1.42. The number of hydrogen-bond acceptors (Lipinski definition) is 5. The number of nitrogens with one attached hydrogen (secondary N) is 1. The van der Waals surface area contributed by atoms with E-state index < -0.39 is 11.7 Å². The first-order valence-electron chi connectivity index (χ1n) is 6.20. The number of anilines is 1. The monoisotopic (exact) mass is 296 g/mol. The zero-order valence-corrected chi connectivity index (χ0v) is 11.4. The highest BCUT2D eigenvalue weighted by atomic mass is 32.2. The SMILES string of the molecule is O=C1Nc2cc(Sc3nnc4ccccn34)ccc2C1=O. The van der Waals surface area contributed by atoms with Gasteiger partial charge in [0.1, 0.15) is 0 Å². The molecule has 1 aromatic carbocycles. The smallest absolute Gasteiger partial charge is 0.296 e.